The summed E-state index contributed by atoms with van der Waals surface area (Å²) in [7, 11) is 0. The Labute approximate surface area is 103 Å². The molecule has 16 heavy (non-hydrogen) atoms. The molecule has 0 radical (unpaired) electrons. The van der Waals surface area contributed by atoms with Crippen LogP contribution in [0.1, 0.15) is 31.7 Å². The molecule has 1 saturated heterocycles. The van der Waals surface area contributed by atoms with Crippen LogP contribution in [0.25, 0.3) is 0 Å². The van der Waals surface area contributed by atoms with Crippen molar-refractivity contribution in [3.05, 3.63) is 35.9 Å². The lowest BCUT2D eigenvalue weighted by molar-refractivity contribution is 0.105. The molecule has 2 atom stereocenters. The highest BCUT2D eigenvalue weighted by atomic mass is 32.2. The first-order valence-corrected chi connectivity index (χ1v) is 7.22. The molecular formula is C14H20OS. The zero-order valence-electron chi connectivity index (χ0n) is 9.89. The molecule has 0 saturated carbocycles. The topological polar surface area (TPSA) is 9.23 Å². The first-order chi connectivity index (χ1) is 7.90. The van der Waals surface area contributed by atoms with Gasteiger partial charge in [0.1, 0.15) is 0 Å². The molecule has 0 amide bonds. The van der Waals surface area contributed by atoms with Crippen molar-refractivity contribution in [3.8, 4) is 0 Å². The first kappa shape index (κ1) is 12.0. The summed E-state index contributed by atoms with van der Waals surface area (Å²) in [5.74, 6) is 1.12. The summed E-state index contributed by atoms with van der Waals surface area (Å²) in [4.78, 5) is 0. The number of thioether (sulfide) groups is 1. The van der Waals surface area contributed by atoms with E-state index in [1.54, 1.807) is 0 Å². The van der Waals surface area contributed by atoms with Gasteiger partial charge in [-0.15, -0.1) is 0 Å². The Bertz CT molecular complexity index is 299. The fourth-order valence-electron chi connectivity index (χ4n) is 2.15. The maximum Gasteiger partial charge on any atom is 0.0694 e. The van der Waals surface area contributed by atoms with Crippen LogP contribution < -0.4 is 0 Å². The van der Waals surface area contributed by atoms with Gasteiger partial charge in [-0.05, 0) is 18.4 Å². The standard InChI is InChI=1S/C14H20OS/c1-2-6-13-14(9-10-15-13)16-11-12-7-4-3-5-8-12/h3-5,7-8,13-14H,2,6,9-11H2,1H3/t13-,14+/m0/s1. The Morgan fingerprint density at radius 2 is 2.12 bits per heavy atom. The van der Waals surface area contributed by atoms with Crippen molar-refractivity contribution in [2.24, 2.45) is 0 Å². The highest BCUT2D eigenvalue weighted by Gasteiger charge is 2.27. The maximum absolute atomic E-state index is 5.77. The van der Waals surface area contributed by atoms with Crippen molar-refractivity contribution in [1.29, 1.82) is 0 Å². The number of rotatable bonds is 5. The Balaban J connectivity index is 1.81. The van der Waals surface area contributed by atoms with Crippen molar-refractivity contribution < 1.29 is 4.74 Å². The smallest absolute Gasteiger partial charge is 0.0694 e. The van der Waals surface area contributed by atoms with Crippen LogP contribution in [0.5, 0.6) is 0 Å². The van der Waals surface area contributed by atoms with Gasteiger partial charge in [-0.1, -0.05) is 43.7 Å². The summed E-state index contributed by atoms with van der Waals surface area (Å²) in [6.45, 7) is 3.19. The second-order valence-electron chi connectivity index (χ2n) is 4.32. The molecule has 0 unspecified atom stereocenters. The molecule has 0 N–H and O–H groups in total. The molecule has 1 aliphatic rings. The molecule has 1 aromatic rings. The maximum atomic E-state index is 5.77. The van der Waals surface area contributed by atoms with E-state index in [9.17, 15) is 0 Å². The van der Waals surface area contributed by atoms with E-state index in [4.69, 9.17) is 4.74 Å². The third-order valence-corrected chi connectivity index (χ3v) is 4.50. The average molecular weight is 236 g/mol. The predicted molar refractivity (Wildman–Crippen MR) is 70.8 cm³/mol. The van der Waals surface area contributed by atoms with Crippen LogP contribution in [0.4, 0.5) is 0 Å². The molecule has 0 aromatic heterocycles. The van der Waals surface area contributed by atoms with Crippen molar-refractivity contribution >= 4 is 11.8 Å². The summed E-state index contributed by atoms with van der Waals surface area (Å²) in [6, 6.07) is 10.7. The van der Waals surface area contributed by atoms with E-state index in [0.717, 1.165) is 12.4 Å². The molecule has 1 heterocycles. The lowest BCUT2D eigenvalue weighted by atomic mass is 10.1. The Morgan fingerprint density at radius 1 is 1.31 bits per heavy atom. The quantitative estimate of drug-likeness (QED) is 0.767. The van der Waals surface area contributed by atoms with Gasteiger partial charge in [0.25, 0.3) is 0 Å². The van der Waals surface area contributed by atoms with Gasteiger partial charge in [0, 0.05) is 17.6 Å². The molecule has 2 rings (SSSR count). The predicted octanol–water partition coefficient (Wildman–Crippen LogP) is 3.88. The van der Waals surface area contributed by atoms with Crippen LogP contribution in [0.15, 0.2) is 30.3 Å². The van der Waals surface area contributed by atoms with Gasteiger partial charge in [-0.2, -0.15) is 11.8 Å². The van der Waals surface area contributed by atoms with Gasteiger partial charge in [0.2, 0.25) is 0 Å². The van der Waals surface area contributed by atoms with E-state index in [0.29, 0.717) is 11.4 Å². The van der Waals surface area contributed by atoms with Crippen LogP contribution in [0.2, 0.25) is 0 Å². The fraction of sp³-hybridized carbons (Fsp3) is 0.571. The molecule has 0 spiro atoms. The SMILES string of the molecule is CCC[C@@H]1OCC[C@H]1SCc1ccccc1. The third-order valence-electron chi connectivity index (χ3n) is 3.03. The third kappa shape index (κ3) is 3.26. The molecule has 0 bridgehead atoms. The van der Waals surface area contributed by atoms with Crippen LogP contribution in [0, 0.1) is 0 Å². The van der Waals surface area contributed by atoms with Crippen LogP contribution >= 0.6 is 11.8 Å². The second-order valence-corrected chi connectivity index (χ2v) is 5.55. The molecule has 88 valence electrons. The van der Waals surface area contributed by atoms with Crippen molar-refractivity contribution in [2.45, 2.75) is 43.3 Å². The Morgan fingerprint density at radius 3 is 2.88 bits per heavy atom. The minimum atomic E-state index is 0.499. The van der Waals surface area contributed by atoms with Gasteiger partial charge in [0.05, 0.1) is 6.10 Å². The summed E-state index contributed by atoms with van der Waals surface area (Å²) in [5.41, 5.74) is 1.43. The highest BCUT2D eigenvalue weighted by Crippen LogP contribution is 2.31. The van der Waals surface area contributed by atoms with Crippen LogP contribution in [-0.4, -0.2) is 18.0 Å². The number of hydrogen-bond acceptors (Lipinski definition) is 2. The van der Waals surface area contributed by atoms with E-state index in [1.165, 1.54) is 24.8 Å². The molecule has 1 nitrogen and oxygen atoms in total. The zero-order valence-corrected chi connectivity index (χ0v) is 10.7. The van der Waals surface area contributed by atoms with Gasteiger partial charge in [-0.3, -0.25) is 0 Å². The zero-order chi connectivity index (χ0) is 11.2. The summed E-state index contributed by atoms with van der Waals surface area (Å²) < 4.78 is 5.77. The number of benzene rings is 1. The van der Waals surface area contributed by atoms with Gasteiger partial charge >= 0.3 is 0 Å². The molecule has 1 aliphatic heterocycles. The molecule has 1 aromatic carbocycles. The van der Waals surface area contributed by atoms with Crippen molar-refractivity contribution in [3.63, 3.8) is 0 Å². The molecule has 2 heteroatoms. The minimum Gasteiger partial charge on any atom is -0.377 e. The van der Waals surface area contributed by atoms with E-state index in [2.05, 4.69) is 49.0 Å². The highest BCUT2D eigenvalue weighted by molar-refractivity contribution is 7.99. The lowest BCUT2D eigenvalue weighted by Crippen LogP contribution is -2.17. The van der Waals surface area contributed by atoms with Crippen LogP contribution in [-0.2, 0) is 10.5 Å². The largest absolute Gasteiger partial charge is 0.377 e. The van der Waals surface area contributed by atoms with E-state index in [1.807, 2.05) is 0 Å². The van der Waals surface area contributed by atoms with Gasteiger partial charge < -0.3 is 4.74 Å². The van der Waals surface area contributed by atoms with Gasteiger partial charge in [0.15, 0.2) is 0 Å². The summed E-state index contributed by atoms with van der Waals surface area (Å²) in [5, 5.41) is 0.708. The normalized spacial score (nSPS) is 24.8. The first-order valence-electron chi connectivity index (χ1n) is 6.17. The Kier molecular flexibility index (Phi) is 4.73. The van der Waals surface area contributed by atoms with Crippen molar-refractivity contribution in [1.82, 2.24) is 0 Å². The Hall–Kier alpha value is -0.470. The van der Waals surface area contributed by atoms with Crippen LogP contribution in [0.3, 0.4) is 0 Å². The number of hydrogen-bond donors (Lipinski definition) is 0. The molecule has 1 fully saturated rings. The second kappa shape index (κ2) is 6.31. The van der Waals surface area contributed by atoms with E-state index < -0.39 is 0 Å². The minimum absolute atomic E-state index is 0.499. The molecular weight excluding hydrogens is 216 g/mol. The summed E-state index contributed by atoms with van der Waals surface area (Å²) >= 11 is 2.06. The van der Waals surface area contributed by atoms with Gasteiger partial charge in [-0.25, -0.2) is 0 Å². The van der Waals surface area contributed by atoms with Crippen molar-refractivity contribution in [2.75, 3.05) is 6.61 Å². The van der Waals surface area contributed by atoms with E-state index >= 15 is 0 Å². The molecule has 0 aliphatic carbocycles. The lowest BCUT2D eigenvalue weighted by Gasteiger charge is -2.17. The van der Waals surface area contributed by atoms with E-state index in [-0.39, 0.29) is 0 Å². The monoisotopic (exact) mass is 236 g/mol. The number of ether oxygens (including phenoxy) is 1. The average Bonchev–Trinajstić information content (AvgIpc) is 2.76. The fourth-order valence-corrected chi connectivity index (χ4v) is 3.44. The summed E-state index contributed by atoms with van der Waals surface area (Å²) in [6.07, 6.45) is 4.17.